The van der Waals surface area contributed by atoms with E-state index in [0.29, 0.717) is 5.76 Å². The van der Waals surface area contributed by atoms with Gasteiger partial charge < -0.3 is 14.5 Å². The molecule has 0 aliphatic rings. The number of ether oxygens (including phenoxy) is 1. The molecular formula is C17H18N2O5S. The minimum absolute atomic E-state index is 0.149. The van der Waals surface area contributed by atoms with E-state index in [2.05, 4.69) is 10.6 Å². The number of thioether (sulfide) groups is 1. The van der Waals surface area contributed by atoms with Gasteiger partial charge in [0.25, 0.3) is 5.91 Å². The number of imide groups is 1. The van der Waals surface area contributed by atoms with E-state index in [1.54, 1.807) is 19.1 Å². The Morgan fingerprint density at radius 1 is 1.16 bits per heavy atom. The minimum Gasteiger partial charge on any atom is -0.467 e. The fourth-order valence-electron chi connectivity index (χ4n) is 1.79. The number of carbonyl (C=O) groups is 3. The summed E-state index contributed by atoms with van der Waals surface area (Å²) in [5, 5.41) is 4.05. The first-order chi connectivity index (χ1) is 12.0. The zero-order valence-corrected chi connectivity index (χ0v) is 14.4. The van der Waals surface area contributed by atoms with E-state index in [0.717, 1.165) is 4.90 Å². The van der Waals surface area contributed by atoms with Crippen LogP contribution in [0.2, 0.25) is 0 Å². The van der Waals surface area contributed by atoms with Gasteiger partial charge in [-0.25, -0.2) is 4.79 Å². The van der Waals surface area contributed by atoms with E-state index in [1.807, 2.05) is 30.3 Å². The van der Waals surface area contributed by atoms with Gasteiger partial charge in [-0.15, -0.1) is 11.8 Å². The number of hydrogen-bond acceptors (Lipinski definition) is 6. The van der Waals surface area contributed by atoms with Crippen molar-refractivity contribution >= 4 is 29.7 Å². The quantitative estimate of drug-likeness (QED) is 0.579. The van der Waals surface area contributed by atoms with Gasteiger partial charge in [-0.05, 0) is 31.2 Å². The molecule has 3 amide bonds. The maximum absolute atomic E-state index is 11.9. The molecule has 0 radical (unpaired) electrons. The molecule has 0 spiro atoms. The van der Waals surface area contributed by atoms with Crippen molar-refractivity contribution in [3.8, 4) is 0 Å². The molecule has 0 bridgehead atoms. The lowest BCUT2D eigenvalue weighted by atomic mass is 10.4. The molecule has 2 rings (SSSR count). The van der Waals surface area contributed by atoms with Crippen molar-refractivity contribution in [2.75, 3.05) is 6.61 Å². The van der Waals surface area contributed by atoms with Crippen LogP contribution in [0.25, 0.3) is 0 Å². The summed E-state index contributed by atoms with van der Waals surface area (Å²) in [7, 11) is 0. The Morgan fingerprint density at radius 3 is 2.60 bits per heavy atom. The molecule has 132 valence electrons. The largest absolute Gasteiger partial charge is 0.467 e. The molecule has 0 saturated carbocycles. The summed E-state index contributed by atoms with van der Waals surface area (Å²) in [5.41, 5.74) is 0. The highest BCUT2D eigenvalue weighted by molar-refractivity contribution is 8.00. The first-order valence-electron chi connectivity index (χ1n) is 7.53. The Kier molecular flexibility index (Phi) is 7.09. The summed E-state index contributed by atoms with van der Waals surface area (Å²) < 4.78 is 9.96. The van der Waals surface area contributed by atoms with Crippen LogP contribution in [-0.2, 0) is 20.9 Å². The Balaban J connectivity index is 1.66. The van der Waals surface area contributed by atoms with Crippen molar-refractivity contribution in [3.63, 3.8) is 0 Å². The predicted molar refractivity (Wildman–Crippen MR) is 91.8 cm³/mol. The van der Waals surface area contributed by atoms with Crippen LogP contribution in [0.15, 0.2) is 58.0 Å². The number of amides is 3. The average Bonchev–Trinajstić information content (AvgIpc) is 3.12. The van der Waals surface area contributed by atoms with Gasteiger partial charge >= 0.3 is 12.0 Å². The SMILES string of the molecule is C[C@@H](Sc1ccccc1)C(=O)OCC(=O)NC(=O)NCc1ccco1. The van der Waals surface area contributed by atoms with Crippen LogP contribution >= 0.6 is 11.8 Å². The van der Waals surface area contributed by atoms with Crippen LogP contribution in [0.1, 0.15) is 12.7 Å². The maximum atomic E-state index is 11.9. The lowest BCUT2D eigenvalue weighted by Gasteiger charge is -2.11. The summed E-state index contributed by atoms with van der Waals surface area (Å²) >= 11 is 1.33. The maximum Gasteiger partial charge on any atom is 0.321 e. The Hall–Kier alpha value is -2.74. The van der Waals surface area contributed by atoms with Crippen molar-refractivity contribution in [1.82, 2.24) is 10.6 Å². The summed E-state index contributed by atoms with van der Waals surface area (Å²) in [6.07, 6.45) is 1.48. The molecule has 1 atom stereocenters. The highest BCUT2D eigenvalue weighted by Crippen LogP contribution is 2.23. The highest BCUT2D eigenvalue weighted by Gasteiger charge is 2.18. The Morgan fingerprint density at radius 2 is 1.92 bits per heavy atom. The highest BCUT2D eigenvalue weighted by atomic mass is 32.2. The summed E-state index contributed by atoms with van der Waals surface area (Å²) in [5.74, 6) is -0.678. The topological polar surface area (TPSA) is 97.6 Å². The van der Waals surface area contributed by atoms with Crippen molar-refractivity contribution in [2.24, 2.45) is 0 Å². The molecule has 8 heteroatoms. The molecule has 0 aliphatic carbocycles. The molecule has 2 aromatic rings. The van der Waals surface area contributed by atoms with Gasteiger partial charge in [0.2, 0.25) is 0 Å². The second-order valence-electron chi connectivity index (χ2n) is 4.99. The monoisotopic (exact) mass is 362 g/mol. The zero-order chi connectivity index (χ0) is 18.1. The molecule has 25 heavy (non-hydrogen) atoms. The number of nitrogens with one attached hydrogen (secondary N) is 2. The van der Waals surface area contributed by atoms with Gasteiger partial charge in [0.05, 0.1) is 12.8 Å². The molecule has 1 aromatic heterocycles. The lowest BCUT2D eigenvalue weighted by Crippen LogP contribution is -2.41. The van der Waals surface area contributed by atoms with Crippen LogP contribution in [0.5, 0.6) is 0 Å². The van der Waals surface area contributed by atoms with Gasteiger partial charge in [0, 0.05) is 4.90 Å². The third kappa shape index (κ3) is 6.72. The van der Waals surface area contributed by atoms with Crippen molar-refractivity contribution in [3.05, 3.63) is 54.5 Å². The molecule has 1 heterocycles. The Labute approximate surface area is 149 Å². The number of esters is 1. The number of benzene rings is 1. The number of rotatable bonds is 7. The van der Waals surface area contributed by atoms with E-state index in [4.69, 9.17) is 9.15 Å². The Bertz CT molecular complexity index is 703. The van der Waals surface area contributed by atoms with Gasteiger partial charge in [-0.2, -0.15) is 0 Å². The smallest absolute Gasteiger partial charge is 0.321 e. The summed E-state index contributed by atoms with van der Waals surface area (Å²) in [6, 6.07) is 12.1. The van der Waals surface area contributed by atoms with E-state index in [9.17, 15) is 14.4 Å². The first kappa shape index (κ1) is 18.6. The molecule has 0 unspecified atom stereocenters. The van der Waals surface area contributed by atoms with E-state index >= 15 is 0 Å². The van der Waals surface area contributed by atoms with Crippen molar-refractivity contribution < 1.29 is 23.5 Å². The van der Waals surface area contributed by atoms with Gasteiger partial charge in [-0.3, -0.25) is 14.9 Å². The third-order valence-corrected chi connectivity index (χ3v) is 4.08. The number of furan rings is 1. The van der Waals surface area contributed by atoms with Gasteiger partial charge in [0.15, 0.2) is 6.61 Å². The summed E-state index contributed by atoms with van der Waals surface area (Å²) in [6.45, 7) is 1.32. The predicted octanol–water partition coefficient (Wildman–Crippen LogP) is 2.33. The minimum atomic E-state index is -0.706. The van der Waals surface area contributed by atoms with Gasteiger partial charge in [0.1, 0.15) is 11.0 Å². The molecule has 0 aliphatic heterocycles. The zero-order valence-electron chi connectivity index (χ0n) is 13.6. The molecule has 7 nitrogen and oxygen atoms in total. The molecular weight excluding hydrogens is 344 g/mol. The van der Waals surface area contributed by atoms with Gasteiger partial charge in [-0.1, -0.05) is 18.2 Å². The second-order valence-corrected chi connectivity index (χ2v) is 6.41. The molecule has 1 aromatic carbocycles. The van der Waals surface area contributed by atoms with Crippen molar-refractivity contribution in [1.29, 1.82) is 0 Å². The fraction of sp³-hybridized carbons (Fsp3) is 0.235. The number of urea groups is 1. The van der Waals surface area contributed by atoms with Crippen LogP contribution in [0.4, 0.5) is 4.79 Å². The van der Waals surface area contributed by atoms with Crippen molar-refractivity contribution in [2.45, 2.75) is 23.6 Å². The first-order valence-corrected chi connectivity index (χ1v) is 8.41. The van der Waals surface area contributed by atoms with Crippen LogP contribution in [0.3, 0.4) is 0 Å². The number of carbonyl (C=O) groups excluding carboxylic acids is 3. The van der Waals surface area contributed by atoms with Crippen LogP contribution < -0.4 is 10.6 Å². The second kappa shape index (κ2) is 9.53. The fourth-order valence-corrected chi connectivity index (χ4v) is 2.68. The third-order valence-electron chi connectivity index (χ3n) is 2.99. The molecule has 2 N–H and O–H groups in total. The standard InChI is InChI=1S/C17H18N2O5S/c1-12(25-14-7-3-2-4-8-14)16(21)24-11-15(20)19-17(22)18-10-13-6-5-9-23-13/h2-9,12H,10-11H2,1H3,(H2,18,19,20,22)/t12-/m1/s1. The lowest BCUT2D eigenvalue weighted by molar-refractivity contribution is -0.147. The normalized spacial score (nSPS) is 11.4. The van der Waals surface area contributed by atoms with E-state index < -0.39 is 29.8 Å². The molecule has 0 fully saturated rings. The van der Waals surface area contributed by atoms with E-state index in [-0.39, 0.29) is 6.54 Å². The van der Waals surface area contributed by atoms with E-state index in [1.165, 1.54) is 18.0 Å². The summed E-state index contributed by atoms with van der Waals surface area (Å²) in [4.78, 5) is 36.0. The van der Waals surface area contributed by atoms with Crippen LogP contribution in [-0.4, -0.2) is 29.8 Å². The number of hydrogen-bond donors (Lipinski definition) is 2. The van der Waals surface area contributed by atoms with Crippen LogP contribution in [0, 0.1) is 0 Å². The molecule has 0 saturated heterocycles. The average molecular weight is 362 g/mol.